The molecule has 1 unspecified atom stereocenters. The Labute approximate surface area is 165 Å². The highest BCUT2D eigenvalue weighted by Crippen LogP contribution is 2.20. The number of hydrogen-bond donors (Lipinski definition) is 1. The van der Waals surface area contributed by atoms with E-state index < -0.39 is 6.04 Å². The van der Waals surface area contributed by atoms with Crippen LogP contribution in [0.1, 0.15) is 24.5 Å². The minimum absolute atomic E-state index is 0.263. The summed E-state index contributed by atoms with van der Waals surface area (Å²) in [5, 5.41) is 3.32. The number of hydrogen-bond acceptors (Lipinski definition) is 5. The monoisotopic (exact) mass is 386 g/mol. The molecule has 150 valence electrons. The standard InChI is InChI=1S/C20H27N5O3/c1-5-28-11-7-10-21-19-22-17-16(18(26)24(4)20(27)23(17)3)25(19)13-15-9-6-8-14(2)12-15/h6,8-9,12,16H,5,7,10-11,13H2,1-4H3/p+1. The van der Waals surface area contributed by atoms with Crippen LogP contribution in [0.25, 0.3) is 0 Å². The number of benzene rings is 1. The molecule has 1 aromatic rings. The molecule has 0 saturated carbocycles. The Morgan fingerprint density at radius 1 is 1.25 bits per heavy atom. The minimum Gasteiger partial charge on any atom is -0.382 e. The van der Waals surface area contributed by atoms with Crippen LogP contribution in [0.2, 0.25) is 0 Å². The third-order valence-electron chi connectivity index (χ3n) is 4.92. The van der Waals surface area contributed by atoms with Gasteiger partial charge < -0.3 is 4.74 Å². The van der Waals surface area contributed by atoms with E-state index in [4.69, 9.17) is 4.74 Å². The maximum atomic E-state index is 12.9. The number of nitrogens with zero attached hydrogens (tertiary/aromatic N) is 4. The van der Waals surface area contributed by atoms with Crippen molar-refractivity contribution in [2.75, 3.05) is 33.9 Å². The van der Waals surface area contributed by atoms with E-state index in [1.165, 1.54) is 11.9 Å². The summed E-state index contributed by atoms with van der Waals surface area (Å²) in [5.41, 5.74) is 2.24. The molecule has 2 aliphatic rings. The van der Waals surface area contributed by atoms with Gasteiger partial charge >= 0.3 is 12.0 Å². The molecule has 1 N–H and O–H groups in total. The maximum absolute atomic E-state index is 12.9. The van der Waals surface area contributed by atoms with Gasteiger partial charge in [0.2, 0.25) is 11.9 Å². The lowest BCUT2D eigenvalue weighted by Crippen LogP contribution is -2.61. The van der Waals surface area contributed by atoms with E-state index in [2.05, 4.69) is 16.4 Å². The van der Waals surface area contributed by atoms with Gasteiger partial charge in [0.25, 0.3) is 5.91 Å². The van der Waals surface area contributed by atoms with E-state index in [1.807, 2.05) is 36.6 Å². The van der Waals surface area contributed by atoms with Crippen molar-refractivity contribution in [1.29, 1.82) is 0 Å². The number of urea groups is 1. The first kappa shape index (κ1) is 20.0. The molecular weight excluding hydrogens is 358 g/mol. The first-order valence-electron chi connectivity index (χ1n) is 9.58. The molecule has 2 heterocycles. The van der Waals surface area contributed by atoms with Gasteiger partial charge in [0.05, 0.1) is 13.1 Å². The zero-order valence-electron chi connectivity index (χ0n) is 16.9. The zero-order valence-corrected chi connectivity index (χ0v) is 16.9. The van der Waals surface area contributed by atoms with Crippen LogP contribution in [-0.2, 0) is 16.1 Å². The van der Waals surface area contributed by atoms with Crippen molar-refractivity contribution < 1.29 is 18.9 Å². The van der Waals surface area contributed by atoms with Gasteiger partial charge in [-0.2, -0.15) is 0 Å². The Balaban J connectivity index is 1.88. The van der Waals surface area contributed by atoms with Crippen molar-refractivity contribution in [1.82, 2.24) is 15.1 Å². The molecule has 1 aromatic carbocycles. The number of ether oxygens (including phenoxy) is 1. The molecule has 0 aliphatic carbocycles. The summed E-state index contributed by atoms with van der Waals surface area (Å²) in [7, 11) is 3.16. The average Bonchev–Trinajstić information content (AvgIpc) is 3.03. The van der Waals surface area contributed by atoms with Crippen molar-refractivity contribution >= 4 is 23.7 Å². The highest BCUT2D eigenvalue weighted by molar-refractivity contribution is 6.22. The number of imide groups is 1. The average molecular weight is 386 g/mol. The van der Waals surface area contributed by atoms with Crippen molar-refractivity contribution in [3.63, 3.8) is 0 Å². The first-order chi connectivity index (χ1) is 13.4. The predicted octanol–water partition coefficient (Wildman–Crippen LogP) is 1.18. The summed E-state index contributed by atoms with van der Waals surface area (Å²) in [4.78, 5) is 32.4. The van der Waals surface area contributed by atoms with Gasteiger partial charge in [-0.25, -0.2) is 9.37 Å². The second kappa shape index (κ2) is 8.52. The Bertz CT molecular complexity index is 833. The number of nitrogens with one attached hydrogen (secondary N) is 1. The van der Waals surface area contributed by atoms with Crippen LogP contribution in [0.4, 0.5) is 4.79 Å². The van der Waals surface area contributed by atoms with Gasteiger partial charge in [0.1, 0.15) is 0 Å². The third-order valence-corrected chi connectivity index (χ3v) is 4.92. The Hall–Kier alpha value is -2.74. The molecule has 3 rings (SSSR count). The third kappa shape index (κ3) is 3.91. The van der Waals surface area contributed by atoms with Crippen molar-refractivity contribution in [2.24, 2.45) is 4.99 Å². The Morgan fingerprint density at radius 3 is 2.75 bits per heavy atom. The maximum Gasteiger partial charge on any atom is 0.390 e. The summed E-state index contributed by atoms with van der Waals surface area (Å²) in [6.45, 7) is 6.55. The van der Waals surface area contributed by atoms with Gasteiger partial charge in [-0.05, 0) is 19.4 Å². The molecule has 8 nitrogen and oxygen atoms in total. The number of carbonyl (C=O) groups is 2. The van der Waals surface area contributed by atoms with Gasteiger partial charge in [0, 0.05) is 33.7 Å². The molecule has 2 aliphatic heterocycles. The number of amidine groups is 1. The van der Waals surface area contributed by atoms with Crippen LogP contribution in [0, 0.1) is 6.92 Å². The number of aryl methyl sites for hydroxylation is 1. The fraction of sp³-hybridized carbons (Fsp3) is 0.500. The lowest BCUT2D eigenvalue weighted by atomic mass is 10.1. The number of amides is 3. The van der Waals surface area contributed by atoms with Crippen LogP contribution < -0.4 is 5.32 Å². The van der Waals surface area contributed by atoms with E-state index in [0.717, 1.165) is 22.4 Å². The summed E-state index contributed by atoms with van der Waals surface area (Å²) in [6, 6.07) is 7.19. The second-order valence-corrected chi connectivity index (χ2v) is 7.03. The molecule has 8 heteroatoms. The molecule has 0 spiro atoms. The Kier molecular flexibility index (Phi) is 6.08. The van der Waals surface area contributed by atoms with Crippen molar-refractivity contribution in [3.8, 4) is 0 Å². The molecule has 1 saturated heterocycles. The van der Waals surface area contributed by atoms with Crippen LogP contribution in [0.5, 0.6) is 0 Å². The van der Waals surface area contributed by atoms with Crippen molar-refractivity contribution in [3.05, 3.63) is 35.4 Å². The smallest absolute Gasteiger partial charge is 0.382 e. The number of carbonyl (C=O) groups excluding carboxylic acids is 2. The predicted molar refractivity (Wildman–Crippen MR) is 106 cm³/mol. The van der Waals surface area contributed by atoms with Crippen LogP contribution in [-0.4, -0.2) is 78.0 Å². The number of fused-ring (bicyclic) bond motifs is 1. The van der Waals surface area contributed by atoms with Gasteiger partial charge in [-0.15, -0.1) is 0 Å². The minimum atomic E-state index is -0.609. The summed E-state index contributed by atoms with van der Waals surface area (Å²) >= 11 is 0. The summed E-state index contributed by atoms with van der Waals surface area (Å²) < 4.78 is 7.32. The lowest BCUT2D eigenvalue weighted by Gasteiger charge is -2.31. The van der Waals surface area contributed by atoms with E-state index in [9.17, 15) is 9.59 Å². The highest BCUT2D eigenvalue weighted by Gasteiger charge is 2.51. The normalized spacial score (nSPS) is 19.3. The van der Waals surface area contributed by atoms with E-state index in [0.29, 0.717) is 38.1 Å². The fourth-order valence-electron chi connectivity index (χ4n) is 3.43. The molecule has 0 bridgehead atoms. The molecule has 1 atom stereocenters. The number of likely N-dealkylation sites (N-methyl/N-ethyl adjacent to an activating group) is 2. The highest BCUT2D eigenvalue weighted by atomic mass is 16.5. The quantitative estimate of drug-likeness (QED) is 0.564. The molecule has 0 radical (unpaired) electrons. The van der Waals surface area contributed by atoms with Crippen molar-refractivity contribution in [2.45, 2.75) is 32.9 Å². The number of rotatable bonds is 7. The number of guanidine groups is 1. The first-order valence-corrected chi connectivity index (χ1v) is 9.58. The molecule has 1 fully saturated rings. The SMILES string of the molecule is CCOCCCNC1=[N+](Cc2cccc(C)c2)C2C(=O)N(C)C(=O)N(C)C2=N1. The zero-order chi connectivity index (χ0) is 20.3. The lowest BCUT2D eigenvalue weighted by molar-refractivity contribution is -0.553. The van der Waals surface area contributed by atoms with Crippen LogP contribution in [0.15, 0.2) is 29.3 Å². The largest absolute Gasteiger partial charge is 0.390 e. The Morgan fingerprint density at radius 2 is 2.04 bits per heavy atom. The molecular formula is C20H28N5O3+. The topological polar surface area (TPSA) is 77.2 Å². The fourth-order valence-corrected chi connectivity index (χ4v) is 3.43. The van der Waals surface area contributed by atoms with E-state index >= 15 is 0 Å². The summed E-state index contributed by atoms with van der Waals surface area (Å²) in [5.74, 6) is 0.815. The van der Waals surface area contributed by atoms with E-state index in [-0.39, 0.29) is 11.9 Å². The van der Waals surface area contributed by atoms with Crippen LogP contribution in [0.3, 0.4) is 0 Å². The summed E-state index contributed by atoms with van der Waals surface area (Å²) in [6.07, 6.45) is 0.827. The molecule has 28 heavy (non-hydrogen) atoms. The number of aliphatic imine (C=N–C) groups is 1. The van der Waals surface area contributed by atoms with Gasteiger partial charge in [-0.3, -0.25) is 19.9 Å². The molecule has 0 aromatic heterocycles. The second-order valence-electron chi connectivity index (χ2n) is 7.03. The van der Waals surface area contributed by atoms with Gasteiger partial charge in [-0.1, -0.05) is 34.8 Å². The van der Waals surface area contributed by atoms with Gasteiger partial charge in [0.15, 0.2) is 0 Å². The van der Waals surface area contributed by atoms with Crippen LogP contribution >= 0.6 is 0 Å². The molecule has 3 amide bonds. The van der Waals surface area contributed by atoms with E-state index in [1.54, 1.807) is 7.05 Å².